The Hall–Kier alpha value is -2.35. The van der Waals surface area contributed by atoms with Crippen LogP contribution in [0.15, 0.2) is 0 Å². The lowest BCUT2D eigenvalue weighted by Crippen LogP contribution is -2.50. The van der Waals surface area contributed by atoms with Crippen LogP contribution < -0.4 is 11.1 Å². The summed E-state index contributed by atoms with van der Waals surface area (Å²) in [7, 11) is 0. The highest BCUT2D eigenvalue weighted by Gasteiger charge is 2.26. The van der Waals surface area contributed by atoms with E-state index in [2.05, 4.69) is 21.8 Å². The quantitative estimate of drug-likeness (QED) is 0.727. The average molecular weight is 431 g/mol. The summed E-state index contributed by atoms with van der Waals surface area (Å²) >= 11 is 0. The minimum absolute atomic E-state index is 0.0413. The number of aromatic nitrogens is 3. The maximum absolute atomic E-state index is 12.4. The molecule has 3 rings (SSSR count). The van der Waals surface area contributed by atoms with Gasteiger partial charge in [0.1, 0.15) is 17.9 Å². The highest BCUT2D eigenvalue weighted by Crippen LogP contribution is 2.28. The molecule has 3 N–H and O–H groups in total. The van der Waals surface area contributed by atoms with Gasteiger partial charge in [0.25, 0.3) is 0 Å². The first-order valence-corrected chi connectivity index (χ1v) is 11.4. The van der Waals surface area contributed by atoms with Gasteiger partial charge in [0, 0.05) is 37.5 Å². The summed E-state index contributed by atoms with van der Waals surface area (Å²) in [5, 5.41) is 3.06. The molecule has 1 aliphatic heterocycles. The van der Waals surface area contributed by atoms with Crippen LogP contribution in [0.3, 0.4) is 0 Å². The Balaban J connectivity index is 1.70. The first-order valence-electron chi connectivity index (χ1n) is 11.4. The van der Waals surface area contributed by atoms with Gasteiger partial charge in [-0.15, -0.1) is 0 Å². The van der Waals surface area contributed by atoms with E-state index in [1.807, 2.05) is 39.5 Å². The number of nitrogens with two attached hydrogens (primary N) is 1. The van der Waals surface area contributed by atoms with E-state index < -0.39 is 0 Å². The number of likely N-dealkylation sites (tertiary alicyclic amines) is 1. The molecule has 2 aromatic heterocycles. The van der Waals surface area contributed by atoms with Crippen LogP contribution in [0.1, 0.15) is 64.0 Å². The van der Waals surface area contributed by atoms with E-state index in [4.69, 9.17) is 15.5 Å². The summed E-state index contributed by atoms with van der Waals surface area (Å²) in [5.41, 5.74) is 9.88. The first-order chi connectivity index (χ1) is 14.6. The summed E-state index contributed by atoms with van der Waals surface area (Å²) in [6.07, 6.45) is 3.08. The molecule has 8 heteroatoms. The molecule has 172 valence electrons. The minimum atomic E-state index is -0.208. The number of piperidine rings is 1. The number of hydrogen-bond acceptors (Lipinski definition) is 5. The molecule has 0 aliphatic carbocycles. The molecule has 1 fully saturated rings. The van der Waals surface area contributed by atoms with Crippen molar-refractivity contribution in [2.24, 2.45) is 5.92 Å². The predicted octanol–water partition coefficient (Wildman–Crippen LogP) is 3.78. The van der Waals surface area contributed by atoms with Gasteiger partial charge in [-0.1, -0.05) is 0 Å². The van der Waals surface area contributed by atoms with Crippen LogP contribution in [0.25, 0.3) is 11.0 Å². The van der Waals surface area contributed by atoms with Crippen LogP contribution >= 0.6 is 0 Å². The van der Waals surface area contributed by atoms with Gasteiger partial charge in [0.2, 0.25) is 0 Å². The maximum Gasteiger partial charge on any atom is 0.317 e. The van der Waals surface area contributed by atoms with Crippen LogP contribution in [-0.4, -0.2) is 50.7 Å². The van der Waals surface area contributed by atoms with Crippen molar-refractivity contribution < 1.29 is 9.53 Å². The molecule has 1 saturated heterocycles. The lowest BCUT2D eigenvalue weighted by Gasteiger charge is -2.34. The van der Waals surface area contributed by atoms with Crippen molar-refractivity contribution in [3.63, 3.8) is 0 Å². The van der Waals surface area contributed by atoms with Gasteiger partial charge in [-0.05, 0) is 72.3 Å². The molecule has 0 spiro atoms. The number of nitrogen functional groups attached to an aromatic ring is 1. The van der Waals surface area contributed by atoms with Gasteiger partial charge in [-0.2, -0.15) is 0 Å². The third-order valence-electron chi connectivity index (χ3n) is 6.06. The van der Waals surface area contributed by atoms with Crippen molar-refractivity contribution >= 4 is 22.9 Å². The Kier molecular flexibility index (Phi) is 7.09. The Morgan fingerprint density at radius 3 is 2.52 bits per heavy atom. The second-order valence-electron chi connectivity index (χ2n) is 9.62. The largest absolute Gasteiger partial charge is 0.382 e. The number of aryl methyl sites for hydroxylation is 3. The third kappa shape index (κ3) is 5.47. The molecule has 0 unspecified atom stereocenters. The molecule has 0 atom stereocenters. The summed E-state index contributed by atoms with van der Waals surface area (Å²) < 4.78 is 7.94. The lowest BCUT2D eigenvalue weighted by atomic mass is 9.93. The zero-order valence-electron chi connectivity index (χ0n) is 19.9. The number of carbonyl (C=O) groups is 1. The van der Waals surface area contributed by atoms with Crippen molar-refractivity contribution in [3.8, 4) is 0 Å². The second-order valence-corrected chi connectivity index (χ2v) is 9.62. The molecule has 8 nitrogen and oxygen atoms in total. The number of amides is 2. The van der Waals surface area contributed by atoms with E-state index in [-0.39, 0.29) is 11.6 Å². The van der Waals surface area contributed by atoms with Crippen LogP contribution in [0, 0.1) is 19.8 Å². The third-order valence-corrected chi connectivity index (χ3v) is 6.06. The van der Waals surface area contributed by atoms with Crippen molar-refractivity contribution in [1.29, 1.82) is 0 Å². The molecule has 0 saturated carbocycles. The molecule has 1 aliphatic rings. The minimum Gasteiger partial charge on any atom is -0.382 e. The molecule has 0 aromatic carbocycles. The first kappa shape index (κ1) is 23.3. The van der Waals surface area contributed by atoms with Crippen molar-refractivity contribution in [2.45, 2.75) is 79.5 Å². The summed E-state index contributed by atoms with van der Waals surface area (Å²) in [5.74, 6) is 1.96. The Bertz CT molecular complexity index is 923. The van der Waals surface area contributed by atoms with Gasteiger partial charge < -0.3 is 25.3 Å². The standard InChI is InChI=1S/C23H38N6O2/c1-7-31-14-18-26-19-20(15(2)16(3)25-21(19)24)29(18)13-10-17-8-11-28(12-9-17)22(30)27-23(4,5)6/h17H,7-14H2,1-6H3,(H2,24,25)(H,27,30). The Morgan fingerprint density at radius 1 is 1.23 bits per heavy atom. The number of pyridine rings is 1. The van der Waals surface area contributed by atoms with E-state index in [1.54, 1.807) is 0 Å². The monoisotopic (exact) mass is 430 g/mol. The van der Waals surface area contributed by atoms with Crippen LogP contribution in [0.5, 0.6) is 0 Å². The highest BCUT2D eigenvalue weighted by atomic mass is 16.5. The Labute approximate surface area is 185 Å². The number of hydrogen-bond donors (Lipinski definition) is 2. The number of nitrogens with zero attached hydrogens (tertiary/aromatic N) is 4. The fraction of sp³-hybridized carbons (Fsp3) is 0.696. The number of anilines is 1. The zero-order valence-corrected chi connectivity index (χ0v) is 19.9. The predicted molar refractivity (Wildman–Crippen MR) is 124 cm³/mol. The SMILES string of the molecule is CCOCc1nc2c(N)nc(C)c(C)c2n1CCC1CCN(C(=O)NC(C)(C)C)CC1. The molecule has 0 bridgehead atoms. The topological polar surface area (TPSA) is 98.3 Å². The maximum atomic E-state index is 12.4. The van der Waals surface area contributed by atoms with Crippen LogP contribution in [0.4, 0.5) is 10.6 Å². The fourth-order valence-corrected chi connectivity index (χ4v) is 4.23. The van der Waals surface area contributed by atoms with E-state index in [0.29, 0.717) is 24.9 Å². The van der Waals surface area contributed by atoms with E-state index >= 15 is 0 Å². The smallest absolute Gasteiger partial charge is 0.317 e. The second kappa shape index (κ2) is 9.42. The number of carbonyl (C=O) groups excluding carboxylic acids is 1. The van der Waals surface area contributed by atoms with Gasteiger partial charge in [0.05, 0.1) is 5.52 Å². The number of rotatable bonds is 6. The van der Waals surface area contributed by atoms with Gasteiger partial charge in [-0.25, -0.2) is 14.8 Å². The molecule has 0 radical (unpaired) electrons. The normalized spacial score (nSPS) is 15.6. The number of imidazole rings is 1. The van der Waals surface area contributed by atoms with Crippen LogP contribution in [0.2, 0.25) is 0 Å². The fourth-order valence-electron chi connectivity index (χ4n) is 4.23. The Morgan fingerprint density at radius 2 is 1.90 bits per heavy atom. The molecule has 2 aromatic rings. The number of nitrogens with one attached hydrogen (secondary N) is 1. The van der Waals surface area contributed by atoms with Crippen LogP contribution in [-0.2, 0) is 17.9 Å². The summed E-state index contributed by atoms with van der Waals surface area (Å²) in [4.78, 5) is 23.6. The van der Waals surface area contributed by atoms with Crippen molar-refractivity contribution in [1.82, 2.24) is 24.8 Å². The average Bonchev–Trinajstić information content (AvgIpc) is 3.07. The van der Waals surface area contributed by atoms with E-state index in [9.17, 15) is 4.79 Å². The van der Waals surface area contributed by atoms with Gasteiger partial charge in [-0.3, -0.25) is 0 Å². The van der Waals surface area contributed by atoms with Gasteiger partial charge >= 0.3 is 6.03 Å². The number of urea groups is 1. The lowest BCUT2D eigenvalue weighted by molar-refractivity contribution is 0.125. The molecular weight excluding hydrogens is 392 g/mol. The van der Waals surface area contributed by atoms with Crippen molar-refractivity contribution in [3.05, 3.63) is 17.1 Å². The molecule has 3 heterocycles. The van der Waals surface area contributed by atoms with E-state index in [0.717, 1.165) is 67.0 Å². The summed E-state index contributed by atoms with van der Waals surface area (Å²) in [6, 6.07) is 0.0413. The zero-order chi connectivity index (χ0) is 22.8. The molecular formula is C23H38N6O2. The highest BCUT2D eigenvalue weighted by molar-refractivity contribution is 5.88. The van der Waals surface area contributed by atoms with E-state index in [1.165, 1.54) is 0 Å². The number of fused-ring (bicyclic) bond motifs is 1. The van der Waals surface area contributed by atoms with Gasteiger partial charge in [0.15, 0.2) is 5.82 Å². The number of ether oxygens (including phenoxy) is 1. The van der Waals surface area contributed by atoms with Crippen molar-refractivity contribution in [2.75, 3.05) is 25.4 Å². The summed E-state index contributed by atoms with van der Waals surface area (Å²) in [6.45, 7) is 15.7. The molecule has 2 amide bonds. The molecule has 31 heavy (non-hydrogen) atoms.